The van der Waals surface area contributed by atoms with Crippen LogP contribution >= 0.6 is 11.6 Å². The number of nitrogens with zero attached hydrogens (tertiary/aromatic N) is 5. The lowest BCUT2D eigenvalue weighted by Gasteiger charge is -2.10. The first kappa shape index (κ1) is 15.7. The first-order valence-electron chi connectivity index (χ1n) is 8.13. The van der Waals surface area contributed by atoms with Crippen LogP contribution in [0.15, 0.2) is 47.4 Å². The van der Waals surface area contributed by atoms with E-state index in [2.05, 4.69) is 30.5 Å². The first-order chi connectivity index (χ1) is 13.1. The van der Waals surface area contributed by atoms with Crippen molar-refractivity contribution in [3.8, 4) is 22.5 Å². The molecule has 0 bridgehead atoms. The van der Waals surface area contributed by atoms with E-state index in [0.717, 1.165) is 16.5 Å². The maximum Gasteiger partial charge on any atom is 0.249 e. The summed E-state index contributed by atoms with van der Waals surface area (Å²) in [5, 5.41) is 16.5. The Kier molecular flexibility index (Phi) is 3.34. The third-order valence-corrected chi connectivity index (χ3v) is 4.64. The standard InChI is InChI=1S/C18H12ClN7O/c1-26-5-4-13(24-26)16-11(6-9-2-3-15(27)20-18(9)21-16)10-7-12(19)17-14(8-10)22-25-23-17/h2-8H,1H3,(H,20,21,27)(H,22,23,25). The molecule has 5 rings (SSSR count). The number of pyridine rings is 2. The lowest BCUT2D eigenvalue weighted by Crippen LogP contribution is -2.04. The number of H-pyrrole nitrogens is 2. The Bertz CT molecular complexity index is 1380. The van der Waals surface area contributed by atoms with Crippen LogP contribution in [-0.4, -0.2) is 35.2 Å². The lowest BCUT2D eigenvalue weighted by atomic mass is 10.00. The van der Waals surface area contributed by atoms with E-state index in [1.165, 1.54) is 6.07 Å². The number of fused-ring (bicyclic) bond motifs is 2. The van der Waals surface area contributed by atoms with Gasteiger partial charge in [0, 0.05) is 30.3 Å². The summed E-state index contributed by atoms with van der Waals surface area (Å²) in [6.45, 7) is 0. The van der Waals surface area contributed by atoms with E-state index in [-0.39, 0.29) is 5.56 Å². The van der Waals surface area contributed by atoms with Gasteiger partial charge >= 0.3 is 0 Å². The molecule has 0 fully saturated rings. The highest BCUT2D eigenvalue weighted by Crippen LogP contribution is 2.35. The van der Waals surface area contributed by atoms with Gasteiger partial charge in [-0.15, -0.1) is 0 Å². The average molecular weight is 378 g/mol. The van der Waals surface area contributed by atoms with Crippen LogP contribution in [0.5, 0.6) is 0 Å². The number of nitrogens with one attached hydrogen (secondary N) is 2. The molecule has 0 saturated carbocycles. The van der Waals surface area contributed by atoms with E-state index in [1.807, 2.05) is 37.5 Å². The number of aromatic nitrogens is 7. The molecule has 4 aromatic heterocycles. The van der Waals surface area contributed by atoms with Gasteiger partial charge < -0.3 is 4.98 Å². The number of hydrogen-bond acceptors (Lipinski definition) is 5. The second kappa shape index (κ2) is 5.75. The summed E-state index contributed by atoms with van der Waals surface area (Å²) < 4.78 is 1.70. The van der Waals surface area contributed by atoms with Crippen molar-refractivity contribution in [1.29, 1.82) is 0 Å². The normalized spacial score (nSPS) is 11.5. The van der Waals surface area contributed by atoms with E-state index < -0.39 is 0 Å². The van der Waals surface area contributed by atoms with E-state index in [4.69, 9.17) is 11.6 Å². The predicted octanol–water partition coefficient (Wildman–Crippen LogP) is 2.92. The fourth-order valence-corrected chi connectivity index (χ4v) is 3.36. The van der Waals surface area contributed by atoms with Crippen molar-refractivity contribution in [3.05, 3.63) is 58.0 Å². The largest absolute Gasteiger partial charge is 0.307 e. The van der Waals surface area contributed by atoms with Crippen LogP contribution in [0, 0.1) is 0 Å². The molecule has 0 amide bonds. The van der Waals surface area contributed by atoms with Crippen LogP contribution in [0.3, 0.4) is 0 Å². The molecule has 5 aromatic rings. The number of hydrogen-bond donors (Lipinski definition) is 2. The molecule has 0 unspecified atom stereocenters. The average Bonchev–Trinajstić information content (AvgIpc) is 3.29. The molecule has 1 aromatic carbocycles. The van der Waals surface area contributed by atoms with Crippen LogP contribution in [-0.2, 0) is 7.05 Å². The second-order valence-corrected chi connectivity index (χ2v) is 6.58. The van der Waals surface area contributed by atoms with Gasteiger partial charge in [0.05, 0.1) is 5.02 Å². The number of halogens is 1. The van der Waals surface area contributed by atoms with Crippen molar-refractivity contribution in [2.45, 2.75) is 0 Å². The van der Waals surface area contributed by atoms with E-state index in [1.54, 1.807) is 10.7 Å². The SMILES string of the molecule is Cn1ccc(-c2nc3[nH]c(=O)ccc3cc2-c2cc(Cl)c3n[nH]nc3c2)n1. The summed E-state index contributed by atoms with van der Waals surface area (Å²) in [4.78, 5) is 19.1. The molecular formula is C18H12ClN7O. The fraction of sp³-hybridized carbons (Fsp3) is 0.0556. The van der Waals surface area contributed by atoms with E-state index in [0.29, 0.717) is 33.1 Å². The lowest BCUT2D eigenvalue weighted by molar-refractivity contribution is 0.770. The van der Waals surface area contributed by atoms with Crippen LogP contribution in [0.2, 0.25) is 5.02 Å². The maximum absolute atomic E-state index is 11.7. The van der Waals surface area contributed by atoms with Gasteiger partial charge in [0.1, 0.15) is 28.1 Å². The molecule has 0 saturated heterocycles. The zero-order valence-corrected chi connectivity index (χ0v) is 14.8. The maximum atomic E-state index is 11.7. The molecule has 9 heteroatoms. The van der Waals surface area contributed by atoms with Gasteiger partial charge in [-0.2, -0.15) is 20.5 Å². The molecule has 0 aliphatic rings. The Hall–Kier alpha value is -3.52. The molecule has 0 atom stereocenters. The molecule has 0 radical (unpaired) electrons. The highest BCUT2D eigenvalue weighted by molar-refractivity contribution is 6.35. The molecule has 0 aliphatic carbocycles. The van der Waals surface area contributed by atoms with Crippen molar-refractivity contribution in [2.75, 3.05) is 0 Å². The highest BCUT2D eigenvalue weighted by Gasteiger charge is 2.16. The van der Waals surface area contributed by atoms with Gasteiger partial charge in [-0.1, -0.05) is 11.6 Å². The molecule has 0 aliphatic heterocycles. The Balaban J connectivity index is 1.85. The first-order valence-corrected chi connectivity index (χ1v) is 8.51. The van der Waals surface area contributed by atoms with Crippen molar-refractivity contribution < 1.29 is 0 Å². The summed E-state index contributed by atoms with van der Waals surface area (Å²) >= 11 is 6.38. The van der Waals surface area contributed by atoms with Crippen molar-refractivity contribution in [2.24, 2.45) is 7.05 Å². The monoisotopic (exact) mass is 377 g/mol. The second-order valence-electron chi connectivity index (χ2n) is 6.17. The highest BCUT2D eigenvalue weighted by atomic mass is 35.5. The molecule has 0 spiro atoms. The van der Waals surface area contributed by atoms with Crippen LogP contribution in [0.1, 0.15) is 0 Å². The summed E-state index contributed by atoms with van der Waals surface area (Å²) in [5.41, 5.74) is 4.56. The summed E-state index contributed by atoms with van der Waals surface area (Å²) in [7, 11) is 1.84. The third-order valence-electron chi connectivity index (χ3n) is 4.35. The van der Waals surface area contributed by atoms with Crippen molar-refractivity contribution >= 4 is 33.7 Å². The van der Waals surface area contributed by atoms with Crippen LogP contribution in [0.25, 0.3) is 44.6 Å². The van der Waals surface area contributed by atoms with Gasteiger partial charge in [-0.3, -0.25) is 9.48 Å². The predicted molar refractivity (Wildman–Crippen MR) is 102 cm³/mol. The van der Waals surface area contributed by atoms with Gasteiger partial charge in [-0.25, -0.2) is 4.98 Å². The number of benzene rings is 1. The topological polar surface area (TPSA) is 105 Å². The van der Waals surface area contributed by atoms with E-state index >= 15 is 0 Å². The molecule has 8 nitrogen and oxygen atoms in total. The minimum absolute atomic E-state index is 0.207. The molecule has 27 heavy (non-hydrogen) atoms. The van der Waals surface area contributed by atoms with E-state index in [9.17, 15) is 4.79 Å². The Labute approximate surface area is 156 Å². The van der Waals surface area contributed by atoms with Gasteiger partial charge in [0.15, 0.2) is 0 Å². The third kappa shape index (κ3) is 2.58. The van der Waals surface area contributed by atoms with Crippen molar-refractivity contribution in [1.82, 2.24) is 35.2 Å². The molecule has 132 valence electrons. The summed E-state index contributed by atoms with van der Waals surface area (Å²) in [6, 6.07) is 10.8. The number of aromatic amines is 2. The number of aryl methyl sites for hydroxylation is 1. The van der Waals surface area contributed by atoms with Crippen LogP contribution < -0.4 is 5.56 Å². The van der Waals surface area contributed by atoms with Gasteiger partial charge in [-0.05, 0) is 35.9 Å². The van der Waals surface area contributed by atoms with Gasteiger partial charge in [0.25, 0.3) is 0 Å². The Morgan fingerprint density at radius 1 is 1.11 bits per heavy atom. The Morgan fingerprint density at radius 2 is 2.00 bits per heavy atom. The molecule has 2 N–H and O–H groups in total. The minimum atomic E-state index is -0.207. The fourth-order valence-electron chi connectivity index (χ4n) is 3.10. The van der Waals surface area contributed by atoms with Crippen LogP contribution in [0.4, 0.5) is 0 Å². The summed E-state index contributed by atoms with van der Waals surface area (Å²) in [6.07, 6.45) is 1.84. The Morgan fingerprint density at radius 3 is 2.81 bits per heavy atom. The molecular weight excluding hydrogens is 366 g/mol. The zero-order valence-electron chi connectivity index (χ0n) is 14.1. The quantitative estimate of drug-likeness (QED) is 0.492. The smallest absolute Gasteiger partial charge is 0.249 e. The van der Waals surface area contributed by atoms with Gasteiger partial charge in [0.2, 0.25) is 5.56 Å². The molecule has 4 heterocycles. The number of rotatable bonds is 2. The minimum Gasteiger partial charge on any atom is -0.307 e. The zero-order chi connectivity index (χ0) is 18.5. The summed E-state index contributed by atoms with van der Waals surface area (Å²) in [5.74, 6) is 0. The van der Waals surface area contributed by atoms with Crippen molar-refractivity contribution in [3.63, 3.8) is 0 Å².